The van der Waals surface area contributed by atoms with Gasteiger partial charge < -0.3 is 14.4 Å². The molecule has 0 fully saturated rings. The van der Waals surface area contributed by atoms with Crippen molar-refractivity contribution in [1.29, 1.82) is 0 Å². The summed E-state index contributed by atoms with van der Waals surface area (Å²) in [5.74, 6) is 0.987. The topological polar surface area (TPSA) is 68.4 Å². The van der Waals surface area contributed by atoms with E-state index in [0.29, 0.717) is 23.9 Å². The highest BCUT2D eigenvalue weighted by Crippen LogP contribution is 2.30. The molecule has 20 heavy (non-hydrogen) atoms. The van der Waals surface area contributed by atoms with Gasteiger partial charge in [0.1, 0.15) is 11.9 Å². The first-order chi connectivity index (χ1) is 9.65. The molecule has 1 unspecified atom stereocenters. The molecule has 1 N–H and O–H groups in total. The Morgan fingerprint density at radius 1 is 1.35 bits per heavy atom. The lowest BCUT2D eigenvalue weighted by atomic mass is 10.1. The Morgan fingerprint density at radius 2 is 2.15 bits per heavy atom. The van der Waals surface area contributed by atoms with Crippen LogP contribution in [0, 0.1) is 6.92 Å². The predicted molar refractivity (Wildman–Crippen MR) is 75.4 cm³/mol. The van der Waals surface area contributed by atoms with Gasteiger partial charge in [0.05, 0.1) is 5.56 Å². The van der Waals surface area contributed by atoms with E-state index in [1.54, 1.807) is 6.07 Å². The molecule has 0 spiro atoms. The van der Waals surface area contributed by atoms with Crippen LogP contribution in [-0.2, 0) is 4.74 Å². The fourth-order valence-electron chi connectivity index (χ4n) is 2.05. The summed E-state index contributed by atoms with van der Waals surface area (Å²) < 4.78 is 10.9. The standard InChI is InChI=1S/C15H20N2O3/c1-4-6-13(19-5-2)14-16-15(20-17-14)11-9-10(3)7-8-12(11)18/h7-9,13,18H,4-6H2,1-3H3. The SMILES string of the molecule is CCCC(OCC)c1noc(-c2cc(C)ccc2O)n1. The van der Waals surface area contributed by atoms with Gasteiger partial charge in [-0.2, -0.15) is 4.98 Å². The molecule has 0 radical (unpaired) electrons. The van der Waals surface area contributed by atoms with Crippen LogP contribution in [0.25, 0.3) is 11.5 Å². The van der Waals surface area contributed by atoms with E-state index in [9.17, 15) is 5.11 Å². The Balaban J connectivity index is 2.29. The Bertz CT molecular complexity index is 560. The second-order valence-corrected chi connectivity index (χ2v) is 4.71. The van der Waals surface area contributed by atoms with Crippen LogP contribution in [0.2, 0.25) is 0 Å². The van der Waals surface area contributed by atoms with E-state index in [1.807, 2.05) is 26.0 Å². The molecule has 1 aromatic heterocycles. The maximum atomic E-state index is 9.88. The van der Waals surface area contributed by atoms with Gasteiger partial charge >= 0.3 is 0 Å². The van der Waals surface area contributed by atoms with Gasteiger partial charge in [0, 0.05) is 6.61 Å². The molecule has 0 saturated heterocycles. The van der Waals surface area contributed by atoms with Gasteiger partial charge in [-0.3, -0.25) is 0 Å². The van der Waals surface area contributed by atoms with Crippen LogP contribution in [0.15, 0.2) is 22.7 Å². The summed E-state index contributed by atoms with van der Waals surface area (Å²) in [4.78, 5) is 4.36. The molecule has 2 rings (SSSR count). The van der Waals surface area contributed by atoms with Crippen molar-refractivity contribution in [2.24, 2.45) is 0 Å². The molecule has 5 heteroatoms. The Kier molecular flexibility index (Phi) is 4.74. The van der Waals surface area contributed by atoms with Crippen LogP contribution in [0.4, 0.5) is 0 Å². The molecule has 1 atom stereocenters. The molecule has 0 saturated carbocycles. The van der Waals surface area contributed by atoms with Crippen LogP contribution in [0.5, 0.6) is 5.75 Å². The van der Waals surface area contributed by atoms with Crippen molar-refractivity contribution in [3.8, 4) is 17.2 Å². The molecule has 0 amide bonds. The zero-order chi connectivity index (χ0) is 14.5. The van der Waals surface area contributed by atoms with Crippen LogP contribution in [0.1, 0.15) is 44.2 Å². The number of phenolic OH excluding ortho intramolecular Hbond substituents is 1. The minimum absolute atomic E-state index is 0.134. The maximum absolute atomic E-state index is 9.88. The lowest BCUT2D eigenvalue weighted by molar-refractivity contribution is 0.0478. The van der Waals surface area contributed by atoms with Crippen LogP contribution in [-0.4, -0.2) is 21.9 Å². The van der Waals surface area contributed by atoms with Crippen LogP contribution >= 0.6 is 0 Å². The number of phenols is 1. The number of aryl methyl sites for hydroxylation is 1. The number of ether oxygens (including phenoxy) is 1. The first-order valence-corrected chi connectivity index (χ1v) is 6.90. The van der Waals surface area contributed by atoms with Crippen LogP contribution < -0.4 is 0 Å². The minimum atomic E-state index is -0.158. The van der Waals surface area contributed by atoms with E-state index in [2.05, 4.69) is 17.1 Å². The zero-order valence-electron chi connectivity index (χ0n) is 12.1. The molecule has 0 aliphatic carbocycles. The molecule has 108 valence electrons. The van der Waals surface area contributed by atoms with Crippen molar-refractivity contribution >= 4 is 0 Å². The first-order valence-electron chi connectivity index (χ1n) is 6.90. The number of rotatable bonds is 6. The number of benzene rings is 1. The summed E-state index contributed by atoms with van der Waals surface area (Å²) in [6, 6.07) is 5.28. The second-order valence-electron chi connectivity index (χ2n) is 4.71. The van der Waals surface area contributed by atoms with Gasteiger partial charge in [0.15, 0.2) is 0 Å². The summed E-state index contributed by atoms with van der Waals surface area (Å²) in [5, 5.41) is 13.9. The van der Waals surface area contributed by atoms with E-state index in [1.165, 1.54) is 0 Å². The smallest absolute Gasteiger partial charge is 0.261 e. The van der Waals surface area contributed by atoms with Crippen molar-refractivity contribution in [2.75, 3.05) is 6.61 Å². The van der Waals surface area contributed by atoms with Gasteiger partial charge in [-0.15, -0.1) is 0 Å². The van der Waals surface area contributed by atoms with Gasteiger partial charge in [0.25, 0.3) is 5.89 Å². The molecule has 0 bridgehead atoms. The van der Waals surface area contributed by atoms with Gasteiger partial charge in [-0.1, -0.05) is 30.1 Å². The summed E-state index contributed by atoms with van der Waals surface area (Å²) >= 11 is 0. The molecule has 1 aromatic carbocycles. The number of hydrogen-bond acceptors (Lipinski definition) is 5. The molecule has 0 aliphatic rings. The molecule has 1 heterocycles. The summed E-state index contributed by atoms with van der Waals surface area (Å²) in [7, 11) is 0. The highest BCUT2D eigenvalue weighted by atomic mass is 16.5. The fourth-order valence-corrected chi connectivity index (χ4v) is 2.05. The molecule has 5 nitrogen and oxygen atoms in total. The molecular weight excluding hydrogens is 256 g/mol. The Morgan fingerprint density at radius 3 is 2.85 bits per heavy atom. The minimum Gasteiger partial charge on any atom is -0.507 e. The lowest BCUT2D eigenvalue weighted by Crippen LogP contribution is -2.05. The quantitative estimate of drug-likeness (QED) is 0.872. The highest BCUT2D eigenvalue weighted by molar-refractivity contribution is 5.63. The van der Waals surface area contributed by atoms with Gasteiger partial charge in [0.2, 0.25) is 5.82 Å². The number of aromatic nitrogens is 2. The normalized spacial score (nSPS) is 12.6. The Labute approximate surface area is 118 Å². The fraction of sp³-hybridized carbons (Fsp3) is 0.467. The van der Waals surface area contributed by atoms with Crippen LogP contribution in [0.3, 0.4) is 0 Å². The summed E-state index contributed by atoms with van der Waals surface area (Å²) in [5.41, 5.74) is 1.57. The van der Waals surface area contributed by atoms with Crippen molar-refractivity contribution in [3.63, 3.8) is 0 Å². The summed E-state index contributed by atoms with van der Waals surface area (Å²) in [6.07, 6.45) is 1.66. The number of hydrogen-bond donors (Lipinski definition) is 1. The monoisotopic (exact) mass is 276 g/mol. The third-order valence-corrected chi connectivity index (χ3v) is 3.03. The van der Waals surface area contributed by atoms with E-state index in [0.717, 1.165) is 18.4 Å². The second kappa shape index (κ2) is 6.52. The third-order valence-electron chi connectivity index (χ3n) is 3.03. The van der Waals surface area contributed by atoms with Crippen molar-refractivity contribution in [3.05, 3.63) is 29.6 Å². The van der Waals surface area contributed by atoms with E-state index in [4.69, 9.17) is 9.26 Å². The number of aromatic hydroxyl groups is 1. The lowest BCUT2D eigenvalue weighted by Gasteiger charge is -2.11. The van der Waals surface area contributed by atoms with E-state index >= 15 is 0 Å². The largest absolute Gasteiger partial charge is 0.507 e. The average molecular weight is 276 g/mol. The zero-order valence-corrected chi connectivity index (χ0v) is 12.1. The first kappa shape index (κ1) is 14.5. The van der Waals surface area contributed by atoms with Crippen molar-refractivity contribution in [1.82, 2.24) is 10.1 Å². The van der Waals surface area contributed by atoms with E-state index < -0.39 is 0 Å². The number of nitrogens with zero attached hydrogens (tertiary/aromatic N) is 2. The predicted octanol–water partition coefficient (Wildman–Crippen LogP) is 3.63. The van der Waals surface area contributed by atoms with Crippen molar-refractivity contribution < 1.29 is 14.4 Å². The highest BCUT2D eigenvalue weighted by Gasteiger charge is 2.20. The summed E-state index contributed by atoms with van der Waals surface area (Å²) in [6.45, 7) is 6.57. The maximum Gasteiger partial charge on any atom is 0.261 e. The Hall–Kier alpha value is -1.88. The average Bonchev–Trinajstić information content (AvgIpc) is 2.91. The molecular formula is C15H20N2O3. The van der Waals surface area contributed by atoms with Gasteiger partial charge in [-0.25, -0.2) is 0 Å². The molecule has 0 aliphatic heterocycles. The third kappa shape index (κ3) is 3.17. The van der Waals surface area contributed by atoms with Crippen molar-refractivity contribution in [2.45, 2.75) is 39.7 Å². The van der Waals surface area contributed by atoms with E-state index in [-0.39, 0.29) is 11.9 Å². The molecule has 2 aromatic rings. The van der Waals surface area contributed by atoms with Gasteiger partial charge in [-0.05, 0) is 32.4 Å².